The van der Waals surface area contributed by atoms with Crippen LogP contribution in [0.2, 0.25) is 0 Å². The zero-order valence-corrected chi connectivity index (χ0v) is 22.0. The van der Waals surface area contributed by atoms with Crippen LogP contribution in [0, 0.1) is 0 Å². The Morgan fingerprint density at radius 1 is 0.811 bits per heavy atom. The molecule has 4 heteroatoms. The Kier molecular flexibility index (Phi) is 7.29. The predicted molar refractivity (Wildman–Crippen MR) is 151 cm³/mol. The number of ether oxygens (including phenoxy) is 2. The Hall–Kier alpha value is -3.63. The number of hydrogen-bond donors (Lipinski definition) is 0. The van der Waals surface area contributed by atoms with E-state index in [-0.39, 0.29) is 11.4 Å². The number of fused-ring (bicyclic) bond motifs is 1. The molecule has 0 N–H and O–H groups in total. The second-order valence-electron chi connectivity index (χ2n) is 10.7. The van der Waals surface area contributed by atoms with Crippen molar-refractivity contribution in [2.24, 2.45) is 0 Å². The van der Waals surface area contributed by atoms with Gasteiger partial charge in [0.15, 0.2) is 5.78 Å². The third kappa shape index (κ3) is 6.03. The van der Waals surface area contributed by atoms with E-state index in [1.807, 2.05) is 81.4 Å². The molecular formula is C33H35NO3. The van der Waals surface area contributed by atoms with Crippen LogP contribution in [0.3, 0.4) is 0 Å². The first kappa shape index (κ1) is 25.0. The van der Waals surface area contributed by atoms with Gasteiger partial charge in [-0.05, 0) is 106 Å². The molecule has 0 aliphatic carbocycles. The summed E-state index contributed by atoms with van der Waals surface area (Å²) >= 11 is 0. The molecule has 37 heavy (non-hydrogen) atoms. The lowest BCUT2D eigenvalue weighted by molar-refractivity contribution is 0.103. The molecule has 1 heterocycles. The molecule has 0 amide bonds. The fraction of sp³-hybridized carbons (Fsp3) is 0.303. The lowest BCUT2D eigenvalue weighted by Crippen LogP contribution is -2.25. The number of ketones is 1. The smallest absolute Gasteiger partial charge is 0.193 e. The maximum atomic E-state index is 13.7. The Morgan fingerprint density at radius 2 is 1.49 bits per heavy atom. The minimum absolute atomic E-state index is 0.00555. The molecule has 0 unspecified atom stereocenters. The topological polar surface area (TPSA) is 38.8 Å². The highest BCUT2D eigenvalue weighted by molar-refractivity contribution is 6.17. The second-order valence-corrected chi connectivity index (χ2v) is 10.7. The van der Waals surface area contributed by atoms with Gasteiger partial charge in [-0.3, -0.25) is 9.69 Å². The molecule has 0 aromatic heterocycles. The summed E-state index contributed by atoms with van der Waals surface area (Å²) in [4.78, 5) is 16.2. The molecule has 1 fully saturated rings. The summed E-state index contributed by atoms with van der Waals surface area (Å²) in [6.07, 6.45) is 2.57. The summed E-state index contributed by atoms with van der Waals surface area (Å²) in [5, 5.41) is 2.16. The molecule has 4 nitrogen and oxygen atoms in total. The van der Waals surface area contributed by atoms with Crippen molar-refractivity contribution in [3.63, 3.8) is 0 Å². The minimum atomic E-state index is -0.291. The van der Waals surface area contributed by atoms with Crippen molar-refractivity contribution in [3.8, 4) is 22.6 Å². The number of carbonyl (C=O) groups excluding carboxylic acids is 1. The first-order chi connectivity index (χ1) is 17.9. The van der Waals surface area contributed by atoms with Gasteiger partial charge in [-0.15, -0.1) is 0 Å². The van der Waals surface area contributed by atoms with Crippen molar-refractivity contribution in [3.05, 3.63) is 96.1 Å². The van der Waals surface area contributed by atoms with Crippen molar-refractivity contribution < 1.29 is 14.3 Å². The van der Waals surface area contributed by atoms with Gasteiger partial charge < -0.3 is 9.47 Å². The van der Waals surface area contributed by atoms with Crippen LogP contribution < -0.4 is 9.47 Å². The van der Waals surface area contributed by atoms with Crippen molar-refractivity contribution in [2.45, 2.75) is 39.2 Å². The van der Waals surface area contributed by atoms with Crippen LogP contribution in [0.4, 0.5) is 0 Å². The van der Waals surface area contributed by atoms with Gasteiger partial charge in [0.05, 0.1) is 0 Å². The summed E-state index contributed by atoms with van der Waals surface area (Å²) in [6.45, 7) is 10.0. The molecule has 0 bridgehead atoms. The van der Waals surface area contributed by atoms with Crippen LogP contribution in [-0.2, 0) is 0 Å². The Morgan fingerprint density at radius 3 is 2.19 bits per heavy atom. The molecule has 1 aliphatic rings. The quantitative estimate of drug-likeness (QED) is 0.240. The van der Waals surface area contributed by atoms with Crippen LogP contribution in [0.15, 0.2) is 84.9 Å². The summed E-state index contributed by atoms with van der Waals surface area (Å²) in [6, 6.07) is 27.8. The maximum absolute atomic E-state index is 13.7. The van der Waals surface area contributed by atoms with E-state index < -0.39 is 0 Å². The molecule has 5 rings (SSSR count). The monoisotopic (exact) mass is 493 g/mol. The summed E-state index contributed by atoms with van der Waals surface area (Å²) < 4.78 is 12.0. The number of rotatable bonds is 8. The molecule has 1 saturated heterocycles. The van der Waals surface area contributed by atoms with Gasteiger partial charge in [-0.25, -0.2) is 0 Å². The fourth-order valence-electron chi connectivity index (χ4n) is 4.97. The molecule has 4 aromatic carbocycles. The van der Waals surface area contributed by atoms with E-state index in [2.05, 4.69) is 29.2 Å². The molecule has 4 aromatic rings. The van der Waals surface area contributed by atoms with E-state index in [1.54, 1.807) is 0 Å². The lowest BCUT2D eigenvalue weighted by Gasteiger charge is -2.21. The molecule has 0 spiro atoms. The second kappa shape index (κ2) is 10.8. The molecule has 190 valence electrons. The number of hydrogen-bond acceptors (Lipinski definition) is 4. The van der Waals surface area contributed by atoms with Gasteiger partial charge >= 0.3 is 0 Å². The molecule has 0 radical (unpaired) electrons. The Bertz CT molecular complexity index is 1360. The van der Waals surface area contributed by atoms with Crippen molar-refractivity contribution in [2.75, 3.05) is 26.2 Å². The standard InChI is InChI=1S/C33H35NO3/c1-33(2,3)37-28-17-12-26(13-18-28)32(35)30-19-14-24-8-4-5-9-29(24)31(30)25-10-15-27(16-11-25)36-23-22-34-20-6-7-21-34/h4-5,8-19H,6-7,20-23H2,1-3H3. The Labute approximate surface area is 219 Å². The summed E-state index contributed by atoms with van der Waals surface area (Å²) in [7, 11) is 0. The fourth-order valence-corrected chi connectivity index (χ4v) is 4.97. The van der Waals surface area contributed by atoms with E-state index in [1.165, 1.54) is 25.9 Å². The zero-order valence-electron chi connectivity index (χ0n) is 22.0. The number of benzene rings is 4. The lowest BCUT2D eigenvalue weighted by atomic mass is 9.89. The highest BCUT2D eigenvalue weighted by Crippen LogP contribution is 2.35. The van der Waals surface area contributed by atoms with E-state index >= 15 is 0 Å². The van der Waals surface area contributed by atoms with Gasteiger partial charge in [0.2, 0.25) is 0 Å². The van der Waals surface area contributed by atoms with Gasteiger partial charge in [-0.2, -0.15) is 0 Å². The molecular weight excluding hydrogens is 458 g/mol. The number of nitrogens with zero attached hydrogens (tertiary/aromatic N) is 1. The first-order valence-corrected chi connectivity index (χ1v) is 13.2. The average Bonchev–Trinajstić information content (AvgIpc) is 3.41. The third-order valence-corrected chi connectivity index (χ3v) is 6.73. The number of likely N-dealkylation sites (tertiary alicyclic amines) is 1. The summed E-state index contributed by atoms with van der Waals surface area (Å²) in [5.74, 6) is 1.60. The predicted octanol–water partition coefficient (Wildman–Crippen LogP) is 7.39. The zero-order chi connectivity index (χ0) is 25.8. The highest BCUT2D eigenvalue weighted by Gasteiger charge is 2.19. The van der Waals surface area contributed by atoms with E-state index in [4.69, 9.17) is 9.47 Å². The van der Waals surface area contributed by atoms with E-state index in [0.29, 0.717) is 17.7 Å². The van der Waals surface area contributed by atoms with Gasteiger partial charge in [0.1, 0.15) is 23.7 Å². The van der Waals surface area contributed by atoms with Crippen LogP contribution in [-0.4, -0.2) is 42.5 Å². The maximum Gasteiger partial charge on any atom is 0.193 e. The van der Waals surface area contributed by atoms with Crippen LogP contribution in [0.1, 0.15) is 49.5 Å². The van der Waals surface area contributed by atoms with Gasteiger partial charge in [0, 0.05) is 23.2 Å². The summed E-state index contributed by atoms with van der Waals surface area (Å²) in [5.41, 5.74) is 2.98. The Balaban J connectivity index is 1.43. The number of carbonyl (C=O) groups is 1. The van der Waals surface area contributed by atoms with E-state index in [9.17, 15) is 4.79 Å². The van der Waals surface area contributed by atoms with Crippen LogP contribution in [0.25, 0.3) is 21.9 Å². The van der Waals surface area contributed by atoms with Gasteiger partial charge in [-0.1, -0.05) is 42.5 Å². The average molecular weight is 494 g/mol. The third-order valence-electron chi connectivity index (χ3n) is 6.73. The van der Waals surface area contributed by atoms with Crippen molar-refractivity contribution in [1.29, 1.82) is 0 Å². The first-order valence-electron chi connectivity index (χ1n) is 13.2. The minimum Gasteiger partial charge on any atom is -0.492 e. The SMILES string of the molecule is CC(C)(C)Oc1ccc(C(=O)c2ccc3ccccc3c2-c2ccc(OCCN3CCCC3)cc2)cc1. The van der Waals surface area contributed by atoms with Crippen molar-refractivity contribution in [1.82, 2.24) is 4.90 Å². The largest absolute Gasteiger partial charge is 0.492 e. The molecule has 0 atom stereocenters. The van der Waals surface area contributed by atoms with Crippen LogP contribution >= 0.6 is 0 Å². The highest BCUT2D eigenvalue weighted by atomic mass is 16.5. The van der Waals surface area contributed by atoms with Crippen molar-refractivity contribution >= 4 is 16.6 Å². The normalized spacial score (nSPS) is 14.1. The van der Waals surface area contributed by atoms with Crippen LogP contribution in [0.5, 0.6) is 11.5 Å². The van der Waals surface area contributed by atoms with Gasteiger partial charge in [0.25, 0.3) is 0 Å². The molecule has 0 saturated carbocycles. The van der Waals surface area contributed by atoms with E-state index in [0.717, 1.165) is 39.9 Å². The molecule has 1 aliphatic heterocycles.